The van der Waals surface area contributed by atoms with Gasteiger partial charge in [-0.15, -0.1) is 11.8 Å². The van der Waals surface area contributed by atoms with Crippen LogP contribution in [0.15, 0.2) is 18.2 Å². The molecule has 1 aromatic carbocycles. The number of H-pyrrole nitrogens is 1. The van der Waals surface area contributed by atoms with Crippen molar-refractivity contribution < 1.29 is 19.1 Å². The fourth-order valence-electron chi connectivity index (χ4n) is 2.75. The van der Waals surface area contributed by atoms with Crippen LogP contribution in [0.25, 0.3) is 0 Å². The molecule has 0 unspecified atom stereocenters. The summed E-state index contributed by atoms with van der Waals surface area (Å²) in [6, 6.07) is 5.51. The smallest absolute Gasteiger partial charge is 0.255 e. The number of nitrogens with zero attached hydrogens (tertiary/aromatic N) is 1. The predicted octanol–water partition coefficient (Wildman–Crippen LogP) is 1.76. The van der Waals surface area contributed by atoms with Gasteiger partial charge in [0.25, 0.3) is 5.91 Å². The molecule has 0 saturated carbocycles. The Labute approximate surface area is 154 Å². The summed E-state index contributed by atoms with van der Waals surface area (Å²) in [4.78, 5) is 22.9. The lowest BCUT2D eigenvalue weighted by molar-refractivity contribution is -0.120. The number of rotatable bonds is 6. The van der Waals surface area contributed by atoms with Gasteiger partial charge in [-0.25, -0.2) is 0 Å². The summed E-state index contributed by atoms with van der Waals surface area (Å²) in [5.41, 5.74) is 7.93. The highest BCUT2D eigenvalue weighted by atomic mass is 32.2. The Balaban J connectivity index is 1.98. The van der Waals surface area contributed by atoms with E-state index in [4.69, 9.17) is 15.2 Å². The number of hydrogen-bond donors (Lipinski definition) is 3. The number of anilines is 1. The molecule has 0 radical (unpaired) electrons. The van der Waals surface area contributed by atoms with Gasteiger partial charge >= 0.3 is 0 Å². The van der Waals surface area contributed by atoms with Crippen molar-refractivity contribution in [2.45, 2.75) is 19.1 Å². The molecule has 0 saturated heterocycles. The standard InChI is InChI=1S/C17H20N4O4S/c1-3-24-12-6-10(4-5-11(12)25-7-13(18)22)16-15-9(2)20-21-17(15)19-14(23)8-26-16/h4-6,16H,3,7-8H2,1-2H3,(H2,18,22)(H2,19,20,21,23)/t16-/m0/s1. The highest BCUT2D eigenvalue weighted by Gasteiger charge is 2.28. The van der Waals surface area contributed by atoms with E-state index in [0.29, 0.717) is 29.7 Å². The molecule has 2 heterocycles. The third-order valence-electron chi connectivity index (χ3n) is 3.84. The monoisotopic (exact) mass is 376 g/mol. The fourth-order valence-corrected chi connectivity index (χ4v) is 3.94. The van der Waals surface area contributed by atoms with Gasteiger partial charge in [-0.05, 0) is 31.5 Å². The van der Waals surface area contributed by atoms with Crippen molar-refractivity contribution in [2.24, 2.45) is 5.73 Å². The topological polar surface area (TPSA) is 119 Å². The van der Waals surface area contributed by atoms with Gasteiger partial charge in [0, 0.05) is 11.3 Å². The average molecular weight is 376 g/mol. The molecule has 1 aromatic heterocycles. The Bertz CT molecular complexity index is 836. The van der Waals surface area contributed by atoms with Crippen LogP contribution in [0, 0.1) is 6.92 Å². The van der Waals surface area contributed by atoms with Crippen molar-refractivity contribution in [1.82, 2.24) is 10.2 Å². The van der Waals surface area contributed by atoms with E-state index in [1.807, 2.05) is 26.0 Å². The SMILES string of the molecule is CCOc1cc([C@@H]2SCC(=O)Nc3n[nH]c(C)c32)ccc1OCC(N)=O. The zero-order chi connectivity index (χ0) is 18.7. The lowest BCUT2D eigenvalue weighted by Gasteiger charge is -2.18. The van der Waals surface area contributed by atoms with E-state index in [-0.39, 0.29) is 17.8 Å². The number of aryl methyl sites for hydroxylation is 1. The quantitative estimate of drug-likeness (QED) is 0.707. The van der Waals surface area contributed by atoms with Gasteiger partial charge in [0.1, 0.15) is 0 Å². The molecule has 26 heavy (non-hydrogen) atoms. The second-order valence-electron chi connectivity index (χ2n) is 5.74. The number of carbonyl (C=O) groups is 2. The molecule has 0 fully saturated rings. The Morgan fingerprint density at radius 3 is 2.92 bits per heavy atom. The van der Waals surface area contributed by atoms with E-state index < -0.39 is 5.91 Å². The van der Waals surface area contributed by atoms with Crippen molar-refractivity contribution in [2.75, 3.05) is 24.3 Å². The summed E-state index contributed by atoms with van der Waals surface area (Å²) in [5, 5.41) is 9.84. The van der Waals surface area contributed by atoms with Gasteiger partial charge in [-0.1, -0.05) is 6.07 Å². The number of amides is 2. The maximum Gasteiger partial charge on any atom is 0.255 e. The first-order chi connectivity index (χ1) is 12.5. The van der Waals surface area contributed by atoms with E-state index >= 15 is 0 Å². The third kappa shape index (κ3) is 3.77. The normalized spacial score (nSPS) is 16.4. The lowest BCUT2D eigenvalue weighted by atomic mass is 10.0. The number of carbonyl (C=O) groups excluding carboxylic acids is 2. The molecule has 2 aromatic rings. The molecule has 1 atom stereocenters. The first-order valence-corrected chi connectivity index (χ1v) is 9.18. The minimum Gasteiger partial charge on any atom is -0.490 e. The van der Waals surface area contributed by atoms with Crippen molar-refractivity contribution in [1.29, 1.82) is 0 Å². The fraction of sp³-hybridized carbons (Fsp3) is 0.353. The molecule has 8 nitrogen and oxygen atoms in total. The van der Waals surface area contributed by atoms with E-state index in [9.17, 15) is 9.59 Å². The Kier molecular flexibility index (Phi) is 5.36. The number of thioether (sulfide) groups is 1. The average Bonchev–Trinajstić information content (AvgIpc) is 2.86. The predicted molar refractivity (Wildman–Crippen MR) is 98.6 cm³/mol. The number of aromatic nitrogens is 2. The maximum absolute atomic E-state index is 11.9. The summed E-state index contributed by atoms with van der Waals surface area (Å²) in [5.74, 6) is 1.21. The molecule has 0 bridgehead atoms. The minimum absolute atomic E-state index is 0.0864. The minimum atomic E-state index is -0.556. The lowest BCUT2D eigenvalue weighted by Crippen LogP contribution is -2.20. The number of benzene rings is 1. The molecule has 0 aliphatic carbocycles. The van der Waals surface area contributed by atoms with Crippen LogP contribution in [0.2, 0.25) is 0 Å². The maximum atomic E-state index is 11.9. The van der Waals surface area contributed by atoms with Gasteiger partial charge in [-0.2, -0.15) is 5.10 Å². The number of fused-ring (bicyclic) bond motifs is 1. The second-order valence-corrected chi connectivity index (χ2v) is 6.84. The Morgan fingerprint density at radius 2 is 2.19 bits per heavy atom. The third-order valence-corrected chi connectivity index (χ3v) is 5.11. The number of aromatic amines is 1. The largest absolute Gasteiger partial charge is 0.490 e. The van der Waals surface area contributed by atoms with Crippen molar-refractivity contribution in [3.8, 4) is 11.5 Å². The molecule has 9 heteroatoms. The molecular weight excluding hydrogens is 356 g/mol. The van der Waals surface area contributed by atoms with Gasteiger partial charge in [0.15, 0.2) is 23.9 Å². The molecule has 1 aliphatic heterocycles. The molecule has 1 aliphatic rings. The van der Waals surface area contributed by atoms with Crippen LogP contribution in [0.3, 0.4) is 0 Å². The molecule has 2 amide bonds. The van der Waals surface area contributed by atoms with E-state index in [0.717, 1.165) is 16.8 Å². The number of nitrogens with one attached hydrogen (secondary N) is 2. The number of ether oxygens (including phenoxy) is 2. The first-order valence-electron chi connectivity index (χ1n) is 8.13. The summed E-state index contributed by atoms with van der Waals surface area (Å²) < 4.78 is 11.1. The van der Waals surface area contributed by atoms with E-state index in [1.54, 1.807) is 6.07 Å². The van der Waals surface area contributed by atoms with Crippen LogP contribution in [0.4, 0.5) is 5.82 Å². The molecule has 3 rings (SSSR count). The van der Waals surface area contributed by atoms with Crippen LogP contribution < -0.4 is 20.5 Å². The number of hydrogen-bond acceptors (Lipinski definition) is 6. The second kappa shape index (κ2) is 7.69. The molecule has 138 valence electrons. The number of nitrogens with two attached hydrogens (primary N) is 1. The molecule has 0 spiro atoms. The van der Waals surface area contributed by atoms with Gasteiger partial charge < -0.3 is 20.5 Å². The zero-order valence-corrected chi connectivity index (χ0v) is 15.3. The van der Waals surface area contributed by atoms with Crippen LogP contribution in [0.5, 0.6) is 11.5 Å². The van der Waals surface area contributed by atoms with E-state index in [2.05, 4.69) is 15.5 Å². The van der Waals surface area contributed by atoms with Crippen LogP contribution in [0.1, 0.15) is 29.0 Å². The highest BCUT2D eigenvalue weighted by Crippen LogP contribution is 2.44. The summed E-state index contributed by atoms with van der Waals surface area (Å²) in [6.07, 6.45) is 0. The van der Waals surface area contributed by atoms with Gasteiger partial charge in [0.2, 0.25) is 5.91 Å². The highest BCUT2D eigenvalue weighted by molar-refractivity contribution is 8.00. The Morgan fingerprint density at radius 1 is 1.38 bits per heavy atom. The van der Waals surface area contributed by atoms with Crippen molar-refractivity contribution in [3.63, 3.8) is 0 Å². The van der Waals surface area contributed by atoms with Crippen LogP contribution in [-0.4, -0.2) is 41.0 Å². The summed E-state index contributed by atoms with van der Waals surface area (Å²) >= 11 is 1.52. The number of primary amides is 1. The van der Waals surface area contributed by atoms with Crippen LogP contribution in [-0.2, 0) is 9.59 Å². The molecule has 4 N–H and O–H groups in total. The first kappa shape index (κ1) is 18.1. The van der Waals surface area contributed by atoms with Crippen molar-refractivity contribution >= 4 is 29.4 Å². The summed E-state index contributed by atoms with van der Waals surface area (Å²) in [7, 11) is 0. The van der Waals surface area contributed by atoms with Crippen molar-refractivity contribution in [3.05, 3.63) is 35.0 Å². The van der Waals surface area contributed by atoms with Crippen LogP contribution >= 0.6 is 11.8 Å². The van der Waals surface area contributed by atoms with E-state index in [1.165, 1.54) is 11.8 Å². The van der Waals surface area contributed by atoms with Gasteiger partial charge in [-0.3, -0.25) is 14.7 Å². The Hall–Kier alpha value is -2.68. The molecular formula is C17H20N4O4S. The zero-order valence-electron chi connectivity index (χ0n) is 14.5. The van der Waals surface area contributed by atoms with Gasteiger partial charge in [0.05, 0.1) is 17.6 Å². The summed E-state index contributed by atoms with van der Waals surface area (Å²) in [6.45, 7) is 4.02.